The van der Waals surface area contributed by atoms with Crippen molar-refractivity contribution in [2.45, 2.75) is 31.8 Å². The third kappa shape index (κ3) is 5.39. The molecule has 4 aromatic rings. The number of carbonyl (C=O) groups excluding carboxylic acids is 1. The predicted molar refractivity (Wildman–Crippen MR) is 144 cm³/mol. The number of methoxy groups -OCH3 is 2. The first-order valence-electron chi connectivity index (χ1n) is 12.0. The Morgan fingerprint density at radius 3 is 2.43 bits per heavy atom. The fourth-order valence-corrected chi connectivity index (χ4v) is 4.68. The zero-order valence-electron chi connectivity index (χ0n) is 20.9. The van der Waals surface area contributed by atoms with Gasteiger partial charge in [0.1, 0.15) is 0 Å². The number of fused-ring (bicyclic) bond motifs is 1. The molecule has 0 saturated heterocycles. The fourth-order valence-electron chi connectivity index (χ4n) is 4.56. The Balaban J connectivity index is 1.39. The van der Waals surface area contributed by atoms with Gasteiger partial charge in [0.15, 0.2) is 11.5 Å². The average Bonchev–Trinajstić information content (AvgIpc) is 3.31. The number of carbonyl (C=O) groups is 1. The van der Waals surface area contributed by atoms with Gasteiger partial charge < -0.3 is 14.8 Å². The Morgan fingerprint density at radius 1 is 1.03 bits per heavy atom. The number of amides is 1. The van der Waals surface area contributed by atoms with Crippen molar-refractivity contribution in [2.24, 2.45) is 0 Å². The average molecular weight is 518 g/mol. The van der Waals surface area contributed by atoms with E-state index < -0.39 is 0 Å². The molecule has 37 heavy (non-hydrogen) atoms. The van der Waals surface area contributed by atoms with Gasteiger partial charge in [-0.05, 0) is 54.3 Å². The summed E-state index contributed by atoms with van der Waals surface area (Å²) in [6.07, 6.45) is 0.909. The van der Waals surface area contributed by atoms with Crippen molar-refractivity contribution in [1.82, 2.24) is 14.8 Å². The first-order chi connectivity index (χ1) is 17.9. The lowest BCUT2D eigenvalue weighted by Crippen LogP contribution is -2.28. The number of anilines is 2. The fraction of sp³-hybridized carbons (Fsp3) is 0.250. The smallest absolute Gasteiger partial charge is 0.250 e. The second kappa shape index (κ2) is 10.5. The van der Waals surface area contributed by atoms with Crippen LogP contribution in [0, 0.1) is 6.92 Å². The van der Waals surface area contributed by atoms with Crippen LogP contribution in [0.2, 0.25) is 5.02 Å². The number of halogens is 1. The molecular weight excluding hydrogens is 490 g/mol. The largest absolute Gasteiger partial charge is 0.493 e. The molecule has 0 radical (unpaired) electrons. The molecule has 3 aromatic carbocycles. The summed E-state index contributed by atoms with van der Waals surface area (Å²) in [7, 11) is 3.14. The number of hydrogen-bond acceptors (Lipinski definition) is 6. The molecule has 1 amide bonds. The molecule has 0 bridgehead atoms. The van der Waals surface area contributed by atoms with Crippen LogP contribution < -0.4 is 20.1 Å². The topological polar surface area (TPSA) is 90.3 Å². The van der Waals surface area contributed by atoms with Crippen molar-refractivity contribution in [2.75, 3.05) is 24.9 Å². The Hall–Kier alpha value is -4.04. The summed E-state index contributed by atoms with van der Waals surface area (Å²) in [5.74, 6) is 1.80. The zero-order chi connectivity index (χ0) is 25.9. The van der Waals surface area contributed by atoms with E-state index in [2.05, 4.69) is 51.9 Å². The van der Waals surface area contributed by atoms with Crippen LogP contribution in [0.3, 0.4) is 0 Å². The minimum Gasteiger partial charge on any atom is -0.493 e. The van der Waals surface area contributed by atoms with Gasteiger partial charge in [-0.3, -0.25) is 10.1 Å². The molecule has 9 heteroatoms. The van der Waals surface area contributed by atoms with Gasteiger partial charge in [0.2, 0.25) is 11.9 Å². The van der Waals surface area contributed by atoms with Crippen LogP contribution in [-0.4, -0.2) is 34.9 Å². The van der Waals surface area contributed by atoms with Crippen molar-refractivity contribution in [3.05, 3.63) is 94.0 Å². The van der Waals surface area contributed by atoms with Crippen LogP contribution in [-0.2, 0) is 11.2 Å². The van der Waals surface area contributed by atoms with Crippen molar-refractivity contribution in [1.29, 1.82) is 0 Å². The summed E-state index contributed by atoms with van der Waals surface area (Å²) in [6, 6.07) is 21.6. The van der Waals surface area contributed by atoms with Crippen LogP contribution in [0.1, 0.15) is 40.8 Å². The standard InChI is InChI=1S/C28H28ClN5O3/c1-17-4-7-20(8-5-17)23-16-22(19-9-11-21(29)12-10-19)30-28-32-27(33-34(23)28)31-26(35)15-18-6-13-24(36-2)25(14-18)37-3/h4-14,22-23H,15-16H2,1-3H3,(H2,30,31,32,33,35)/t22-,23+/m0/s1. The first kappa shape index (κ1) is 24.6. The highest BCUT2D eigenvalue weighted by Crippen LogP contribution is 2.38. The SMILES string of the molecule is COc1ccc(CC(=O)Nc2nc3n(n2)[C@@H](c2ccc(C)cc2)C[C@@H](c2ccc(Cl)cc2)N3)cc1OC. The summed E-state index contributed by atoms with van der Waals surface area (Å²) in [5, 5.41) is 11.7. The Labute approximate surface area is 220 Å². The number of nitrogens with zero attached hydrogens (tertiary/aromatic N) is 3. The van der Waals surface area contributed by atoms with Crippen LogP contribution in [0.4, 0.5) is 11.9 Å². The molecule has 2 N–H and O–H groups in total. The summed E-state index contributed by atoms with van der Waals surface area (Å²) in [5.41, 5.74) is 4.21. The maximum absolute atomic E-state index is 12.9. The van der Waals surface area contributed by atoms with E-state index in [4.69, 9.17) is 21.1 Å². The number of rotatable bonds is 7. The normalized spacial score (nSPS) is 16.4. The van der Waals surface area contributed by atoms with Crippen LogP contribution >= 0.6 is 11.6 Å². The highest BCUT2D eigenvalue weighted by atomic mass is 35.5. The van der Waals surface area contributed by atoms with Crippen LogP contribution in [0.25, 0.3) is 0 Å². The Morgan fingerprint density at radius 2 is 1.73 bits per heavy atom. The lowest BCUT2D eigenvalue weighted by atomic mass is 9.93. The number of aromatic nitrogens is 3. The van der Waals surface area contributed by atoms with Gasteiger partial charge in [-0.15, -0.1) is 5.10 Å². The molecule has 0 saturated carbocycles. The maximum Gasteiger partial charge on any atom is 0.250 e. The van der Waals surface area contributed by atoms with E-state index in [0.717, 1.165) is 23.1 Å². The summed E-state index contributed by atoms with van der Waals surface area (Å²) >= 11 is 6.11. The van der Waals surface area contributed by atoms with Crippen molar-refractivity contribution >= 4 is 29.4 Å². The van der Waals surface area contributed by atoms with E-state index in [1.54, 1.807) is 26.4 Å². The third-order valence-corrected chi connectivity index (χ3v) is 6.74. The number of aryl methyl sites for hydroxylation is 1. The van der Waals surface area contributed by atoms with Gasteiger partial charge in [-0.1, -0.05) is 59.6 Å². The molecule has 8 nitrogen and oxygen atoms in total. The summed E-state index contributed by atoms with van der Waals surface area (Å²) in [4.78, 5) is 17.5. The molecule has 0 aliphatic carbocycles. The van der Waals surface area contributed by atoms with Crippen molar-refractivity contribution in [3.63, 3.8) is 0 Å². The van der Waals surface area contributed by atoms with E-state index in [0.29, 0.717) is 22.5 Å². The molecule has 2 atom stereocenters. The molecule has 0 spiro atoms. The Kier molecular flexibility index (Phi) is 7.01. The number of hydrogen-bond donors (Lipinski definition) is 2. The molecular formula is C28H28ClN5O3. The Bertz CT molecular complexity index is 1400. The monoisotopic (exact) mass is 517 g/mol. The first-order valence-corrected chi connectivity index (χ1v) is 12.4. The second-order valence-electron chi connectivity index (χ2n) is 9.03. The molecule has 0 fully saturated rings. The lowest BCUT2D eigenvalue weighted by molar-refractivity contribution is -0.115. The van der Waals surface area contributed by atoms with Crippen molar-refractivity contribution < 1.29 is 14.3 Å². The van der Waals surface area contributed by atoms with E-state index in [1.807, 2.05) is 35.0 Å². The number of ether oxygens (including phenoxy) is 2. The maximum atomic E-state index is 12.9. The van der Waals surface area contributed by atoms with E-state index in [-0.39, 0.29) is 30.4 Å². The molecule has 5 rings (SSSR count). The quantitative estimate of drug-likeness (QED) is 0.332. The van der Waals surface area contributed by atoms with Gasteiger partial charge >= 0.3 is 0 Å². The second-order valence-corrected chi connectivity index (χ2v) is 9.46. The van der Waals surface area contributed by atoms with Crippen LogP contribution in [0.15, 0.2) is 66.7 Å². The number of nitrogens with one attached hydrogen (secondary N) is 2. The minimum atomic E-state index is -0.226. The lowest BCUT2D eigenvalue weighted by Gasteiger charge is -2.31. The molecule has 1 aliphatic heterocycles. The molecule has 2 heterocycles. The van der Waals surface area contributed by atoms with Gasteiger partial charge in [0.25, 0.3) is 5.95 Å². The van der Waals surface area contributed by atoms with E-state index in [9.17, 15) is 4.79 Å². The minimum absolute atomic E-state index is 0.00980. The molecule has 1 aliphatic rings. The van der Waals surface area contributed by atoms with Gasteiger partial charge in [-0.25, -0.2) is 4.68 Å². The van der Waals surface area contributed by atoms with Gasteiger partial charge in [0.05, 0.1) is 32.7 Å². The summed E-state index contributed by atoms with van der Waals surface area (Å²) < 4.78 is 12.5. The van der Waals surface area contributed by atoms with Crippen LogP contribution in [0.5, 0.6) is 11.5 Å². The van der Waals surface area contributed by atoms with Gasteiger partial charge in [-0.2, -0.15) is 4.98 Å². The summed E-state index contributed by atoms with van der Waals surface area (Å²) in [6.45, 7) is 2.07. The van der Waals surface area contributed by atoms with Crippen molar-refractivity contribution in [3.8, 4) is 11.5 Å². The predicted octanol–water partition coefficient (Wildman–Crippen LogP) is 5.58. The molecule has 1 aromatic heterocycles. The highest BCUT2D eigenvalue weighted by Gasteiger charge is 2.31. The number of benzene rings is 3. The third-order valence-electron chi connectivity index (χ3n) is 6.49. The molecule has 0 unspecified atom stereocenters. The zero-order valence-corrected chi connectivity index (χ0v) is 21.6. The molecule has 190 valence electrons. The highest BCUT2D eigenvalue weighted by molar-refractivity contribution is 6.30. The van der Waals surface area contributed by atoms with E-state index >= 15 is 0 Å². The van der Waals surface area contributed by atoms with E-state index in [1.165, 1.54) is 5.56 Å². The van der Waals surface area contributed by atoms with Gasteiger partial charge in [0, 0.05) is 5.02 Å².